The van der Waals surface area contributed by atoms with Gasteiger partial charge in [0, 0.05) is 39.7 Å². The third-order valence-corrected chi connectivity index (χ3v) is 2.17. The molecule has 94 valence electrons. The molecule has 1 rings (SSSR count). The van der Waals surface area contributed by atoms with E-state index in [0.717, 1.165) is 18.2 Å². The molecule has 0 aromatic carbocycles. The Bertz CT molecular complexity index is 367. The molecule has 1 amide bonds. The van der Waals surface area contributed by atoms with Crippen LogP contribution in [0.15, 0.2) is 12.4 Å². The minimum Gasteiger partial charge on any atom is -0.370 e. The van der Waals surface area contributed by atoms with Crippen molar-refractivity contribution in [1.82, 2.24) is 14.9 Å². The van der Waals surface area contributed by atoms with Gasteiger partial charge in [-0.05, 0) is 6.92 Å². The maximum absolute atomic E-state index is 11.3. The first-order valence-electron chi connectivity index (χ1n) is 5.63. The largest absolute Gasteiger partial charge is 0.370 e. The van der Waals surface area contributed by atoms with Gasteiger partial charge in [0.25, 0.3) is 0 Å². The van der Waals surface area contributed by atoms with E-state index < -0.39 is 0 Å². The first-order valence-corrected chi connectivity index (χ1v) is 5.63. The molecule has 0 saturated heterocycles. The molecule has 0 aliphatic rings. The molecule has 0 saturated carbocycles. The summed E-state index contributed by atoms with van der Waals surface area (Å²) in [6, 6.07) is 1.82. The summed E-state index contributed by atoms with van der Waals surface area (Å²) in [5, 5.41) is 6.19. The van der Waals surface area contributed by atoms with Crippen LogP contribution in [-0.2, 0) is 4.79 Å². The topological polar surface area (TPSA) is 70.2 Å². The molecule has 0 fully saturated rings. The zero-order chi connectivity index (χ0) is 12.7. The zero-order valence-corrected chi connectivity index (χ0v) is 10.5. The van der Waals surface area contributed by atoms with Crippen molar-refractivity contribution in [2.75, 3.05) is 37.8 Å². The number of amides is 1. The first-order chi connectivity index (χ1) is 8.13. The average molecular weight is 237 g/mol. The summed E-state index contributed by atoms with van der Waals surface area (Å²) >= 11 is 0. The van der Waals surface area contributed by atoms with Crippen LogP contribution in [0.5, 0.6) is 0 Å². The molecule has 0 radical (unpaired) electrons. The van der Waals surface area contributed by atoms with Gasteiger partial charge in [0.2, 0.25) is 5.91 Å². The van der Waals surface area contributed by atoms with Gasteiger partial charge in [0.1, 0.15) is 18.0 Å². The van der Waals surface area contributed by atoms with Crippen LogP contribution in [0, 0.1) is 0 Å². The van der Waals surface area contributed by atoms with Gasteiger partial charge >= 0.3 is 0 Å². The van der Waals surface area contributed by atoms with Crippen LogP contribution >= 0.6 is 0 Å². The van der Waals surface area contributed by atoms with Crippen molar-refractivity contribution < 1.29 is 4.79 Å². The monoisotopic (exact) mass is 237 g/mol. The normalized spacial score (nSPS) is 9.82. The van der Waals surface area contributed by atoms with Crippen LogP contribution in [0.3, 0.4) is 0 Å². The number of rotatable bonds is 6. The zero-order valence-electron chi connectivity index (χ0n) is 10.5. The van der Waals surface area contributed by atoms with Crippen LogP contribution in [0.2, 0.25) is 0 Å². The quantitative estimate of drug-likeness (QED) is 0.765. The first kappa shape index (κ1) is 13.2. The molecule has 0 atom stereocenters. The summed E-state index contributed by atoms with van der Waals surface area (Å²) in [4.78, 5) is 21.1. The number of carbonyl (C=O) groups is 1. The predicted molar refractivity (Wildman–Crippen MR) is 68.0 cm³/mol. The van der Waals surface area contributed by atoms with Crippen molar-refractivity contribution in [2.24, 2.45) is 0 Å². The summed E-state index contributed by atoms with van der Waals surface area (Å²) < 4.78 is 0. The number of nitrogens with zero attached hydrogens (tertiary/aromatic N) is 3. The Morgan fingerprint density at radius 2 is 1.94 bits per heavy atom. The Morgan fingerprint density at radius 1 is 1.29 bits per heavy atom. The van der Waals surface area contributed by atoms with E-state index in [2.05, 4.69) is 20.6 Å². The molecular weight excluding hydrogens is 218 g/mol. The second kappa shape index (κ2) is 6.67. The fourth-order valence-corrected chi connectivity index (χ4v) is 1.25. The molecule has 1 heterocycles. The van der Waals surface area contributed by atoms with Gasteiger partial charge in [-0.2, -0.15) is 0 Å². The Hall–Kier alpha value is -1.85. The number of hydrogen-bond donors (Lipinski definition) is 2. The lowest BCUT2D eigenvalue weighted by Gasteiger charge is -2.11. The van der Waals surface area contributed by atoms with Gasteiger partial charge < -0.3 is 15.5 Å². The van der Waals surface area contributed by atoms with E-state index in [1.54, 1.807) is 19.0 Å². The van der Waals surface area contributed by atoms with Crippen LogP contribution in [-0.4, -0.2) is 48.0 Å². The summed E-state index contributed by atoms with van der Waals surface area (Å²) in [5.41, 5.74) is 0. The predicted octanol–water partition coefficient (Wildman–Crippen LogP) is 0.799. The van der Waals surface area contributed by atoms with Crippen LogP contribution in [0.4, 0.5) is 11.6 Å². The molecule has 0 unspecified atom stereocenters. The van der Waals surface area contributed by atoms with E-state index in [1.807, 2.05) is 13.0 Å². The Morgan fingerprint density at radius 3 is 2.53 bits per heavy atom. The van der Waals surface area contributed by atoms with Gasteiger partial charge in [-0.25, -0.2) is 9.97 Å². The van der Waals surface area contributed by atoms with E-state index in [0.29, 0.717) is 13.0 Å². The third kappa shape index (κ3) is 4.67. The minimum absolute atomic E-state index is 0.0958. The molecule has 0 aliphatic carbocycles. The van der Waals surface area contributed by atoms with Crippen LogP contribution in [0.25, 0.3) is 0 Å². The smallest absolute Gasteiger partial charge is 0.223 e. The lowest BCUT2D eigenvalue weighted by molar-refractivity contribution is -0.128. The number of nitrogens with one attached hydrogen (secondary N) is 2. The van der Waals surface area contributed by atoms with Crippen molar-refractivity contribution in [3.05, 3.63) is 12.4 Å². The lowest BCUT2D eigenvalue weighted by Crippen LogP contribution is -2.24. The highest BCUT2D eigenvalue weighted by Gasteiger charge is 2.03. The molecule has 1 aromatic heterocycles. The van der Waals surface area contributed by atoms with Crippen molar-refractivity contribution >= 4 is 17.5 Å². The van der Waals surface area contributed by atoms with Gasteiger partial charge in [0.15, 0.2) is 0 Å². The van der Waals surface area contributed by atoms with Crippen LogP contribution < -0.4 is 10.6 Å². The maximum atomic E-state index is 11.3. The highest BCUT2D eigenvalue weighted by atomic mass is 16.2. The molecule has 0 aliphatic heterocycles. The van der Waals surface area contributed by atoms with Crippen LogP contribution in [0.1, 0.15) is 13.3 Å². The number of hydrogen-bond acceptors (Lipinski definition) is 5. The van der Waals surface area contributed by atoms with E-state index in [1.165, 1.54) is 6.33 Å². The fourth-order valence-electron chi connectivity index (χ4n) is 1.25. The van der Waals surface area contributed by atoms with E-state index in [9.17, 15) is 4.79 Å². The summed E-state index contributed by atoms with van der Waals surface area (Å²) in [5.74, 6) is 1.60. The standard InChI is InChI=1S/C11H19N5O/c1-4-12-9-7-10(15-8-14-9)13-6-5-11(17)16(2)3/h7-8H,4-6H2,1-3H3,(H2,12,13,14,15). The number of aromatic nitrogens is 2. The van der Waals surface area contributed by atoms with Crippen molar-refractivity contribution in [2.45, 2.75) is 13.3 Å². The second-order valence-electron chi connectivity index (χ2n) is 3.78. The molecule has 1 aromatic rings. The summed E-state index contributed by atoms with van der Waals surface area (Å²) in [6.07, 6.45) is 1.95. The molecule has 0 bridgehead atoms. The van der Waals surface area contributed by atoms with E-state index in [-0.39, 0.29) is 5.91 Å². The molecule has 2 N–H and O–H groups in total. The third-order valence-electron chi connectivity index (χ3n) is 2.17. The molecule has 6 heteroatoms. The molecule has 0 spiro atoms. The number of carbonyl (C=O) groups excluding carboxylic acids is 1. The highest BCUT2D eigenvalue weighted by molar-refractivity contribution is 5.76. The van der Waals surface area contributed by atoms with Crippen molar-refractivity contribution in [3.63, 3.8) is 0 Å². The fraction of sp³-hybridized carbons (Fsp3) is 0.545. The SMILES string of the molecule is CCNc1cc(NCCC(=O)N(C)C)ncn1. The molecular formula is C11H19N5O. The van der Waals surface area contributed by atoms with Gasteiger partial charge in [-0.3, -0.25) is 4.79 Å². The Labute approximate surface area is 101 Å². The highest BCUT2D eigenvalue weighted by Crippen LogP contribution is 2.07. The average Bonchev–Trinajstić information content (AvgIpc) is 2.29. The van der Waals surface area contributed by atoms with Gasteiger partial charge in [-0.1, -0.05) is 0 Å². The summed E-state index contributed by atoms with van der Waals surface area (Å²) in [6.45, 7) is 3.39. The van der Waals surface area contributed by atoms with Crippen molar-refractivity contribution in [3.8, 4) is 0 Å². The van der Waals surface area contributed by atoms with Gasteiger partial charge in [-0.15, -0.1) is 0 Å². The maximum Gasteiger partial charge on any atom is 0.223 e. The van der Waals surface area contributed by atoms with Crippen molar-refractivity contribution in [1.29, 1.82) is 0 Å². The van der Waals surface area contributed by atoms with E-state index in [4.69, 9.17) is 0 Å². The number of anilines is 2. The molecule has 17 heavy (non-hydrogen) atoms. The summed E-state index contributed by atoms with van der Waals surface area (Å²) in [7, 11) is 3.49. The Balaban J connectivity index is 2.41. The van der Waals surface area contributed by atoms with Gasteiger partial charge in [0.05, 0.1) is 0 Å². The minimum atomic E-state index is 0.0958. The van der Waals surface area contributed by atoms with E-state index >= 15 is 0 Å². The molecule has 6 nitrogen and oxygen atoms in total. The Kier molecular flexibility index (Phi) is 5.19. The lowest BCUT2D eigenvalue weighted by atomic mass is 10.3. The second-order valence-corrected chi connectivity index (χ2v) is 3.78.